The Hall–Kier alpha value is -3.42. The number of nitrogens with zero attached hydrogens (tertiary/aromatic N) is 3. The van der Waals surface area contributed by atoms with Gasteiger partial charge in [-0.3, -0.25) is 4.79 Å². The van der Waals surface area contributed by atoms with Crippen LogP contribution in [-0.4, -0.2) is 45.1 Å². The fourth-order valence-electron chi connectivity index (χ4n) is 2.54. The molecule has 14 heteroatoms. The lowest BCUT2D eigenvalue weighted by Gasteiger charge is -2.12. The van der Waals surface area contributed by atoms with E-state index < -0.39 is 28.7 Å². The summed E-state index contributed by atoms with van der Waals surface area (Å²) in [4.78, 5) is 36.6. The second kappa shape index (κ2) is 11.1. The summed E-state index contributed by atoms with van der Waals surface area (Å²) in [5, 5.41) is 15.8. The molecule has 34 heavy (non-hydrogen) atoms. The van der Waals surface area contributed by atoms with Gasteiger partial charge >= 0.3 is 12.2 Å². The predicted molar refractivity (Wildman–Crippen MR) is 119 cm³/mol. The highest BCUT2D eigenvalue weighted by Crippen LogP contribution is 2.36. The van der Waals surface area contributed by atoms with Gasteiger partial charge in [-0.05, 0) is 48.2 Å². The monoisotopic (exact) mass is 512 g/mol. The molecule has 0 saturated heterocycles. The molecule has 0 saturated carbocycles. The average molecular weight is 513 g/mol. The van der Waals surface area contributed by atoms with Crippen LogP contribution in [0, 0.1) is 0 Å². The van der Waals surface area contributed by atoms with Gasteiger partial charge in [0, 0.05) is 22.8 Å². The van der Waals surface area contributed by atoms with Crippen molar-refractivity contribution in [3.8, 4) is 0 Å². The number of halogens is 4. The van der Waals surface area contributed by atoms with Crippen LogP contribution < -0.4 is 16.0 Å². The molecule has 0 fully saturated rings. The van der Waals surface area contributed by atoms with Gasteiger partial charge in [-0.1, -0.05) is 17.7 Å². The highest BCUT2D eigenvalue weighted by Gasteiger charge is 2.33. The number of carbonyl (C=O) groups is 2. The number of hydrogen-bond acceptors (Lipinski definition) is 7. The van der Waals surface area contributed by atoms with E-state index in [9.17, 15) is 22.8 Å². The lowest BCUT2D eigenvalue weighted by molar-refractivity contribution is -0.137. The van der Waals surface area contributed by atoms with E-state index in [0.29, 0.717) is 10.6 Å². The zero-order valence-electron chi connectivity index (χ0n) is 17.1. The smallest absolute Gasteiger partial charge is 0.395 e. The Kier molecular flexibility index (Phi) is 8.26. The zero-order chi connectivity index (χ0) is 24.7. The minimum absolute atomic E-state index is 0.0519. The van der Waals surface area contributed by atoms with Crippen molar-refractivity contribution in [3.05, 3.63) is 65.2 Å². The lowest BCUT2D eigenvalue weighted by atomic mass is 10.2. The summed E-state index contributed by atoms with van der Waals surface area (Å²) >= 11 is 6.68. The highest BCUT2D eigenvalue weighted by molar-refractivity contribution is 7.99. The van der Waals surface area contributed by atoms with E-state index >= 15 is 0 Å². The largest absolute Gasteiger partial charge is 0.417 e. The number of alkyl halides is 3. The van der Waals surface area contributed by atoms with Gasteiger partial charge in [0.25, 0.3) is 5.91 Å². The van der Waals surface area contributed by atoms with E-state index in [-0.39, 0.29) is 29.8 Å². The highest BCUT2D eigenvalue weighted by atomic mass is 35.5. The van der Waals surface area contributed by atoms with Crippen LogP contribution in [-0.2, 0) is 6.18 Å². The van der Waals surface area contributed by atoms with Crippen molar-refractivity contribution in [1.82, 2.24) is 20.3 Å². The van der Waals surface area contributed by atoms with Crippen molar-refractivity contribution in [2.75, 3.05) is 23.8 Å². The van der Waals surface area contributed by atoms with Gasteiger partial charge in [-0.15, -0.1) is 0 Å². The van der Waals surface area contributed by atoms with Crippen molar-refractivity contribution in [3.63, 3.8) is 0 Å². The Bertz CT molecular complexity index is 1200. The minimum Gasteiger partial charge on any atom is -0.395 e. The molecule has 0 aliphatic rings. The van der Waals surface area contributed by atoms with Gasteiger partial charge in [0.1, 0.15) is 6.33 Å². The van der Waals surface area contributed by atoms with E-state index in [1.54, 1.807) is 24.3 Å². The molecule has 3 aromatic rings. The third kappa shape index (κ3) is 7.04. The van der Waals surface area contributed by atoms with E-state index in [4.69, 9.17) is 16.7 Å². The molecule has 4 N–H and O–H groups in total. The van der Waals surface area contributed by atoms with E-state index in [1.807, 2.05) is 0 Å². The number of rotatable bonds is 7. The number of anilines is 2. The van der Waals surface area contributed by atoms with Gasteiger partial charge in [0.15, 0.2) is 5.16 Å². The number of carbonyl (C=O) groups excluding carboxylic acids is 2. The van der Waals surface area contributed by atoms with E-state index in [1.165, 1.54) is 12.4 Å². The molecule has 3 amide bonds. The molecule has 0 unspecified atom stereocenters. The standard InChI is InChI=1S/C20H16ClF3N6O3S/c21-15-5-4-12(9-14(15)20(22,23)24)29-18(33)28-11-2-1-3-13(8-11)34-19-27-10-26-16(30-19)17(32)25-6-7-31/h1-5,8-10,31H,6-7H2,(H,25,32)(H2,28,29,33). The summed E-state index contributed by atoms with van der Waals surface area (Å²) in [5.74, 6) is -0.693. The normalized spacial score (nSPS) is 11.1. The van der Waals surface area contributed by atoms with Crippen LogP contribution in [0.5, 0.6) is 0 Å². The molecule has 2 aromatic carbocycles. The Morgan fingerprint density at radius 1 is 1.06 bits per heavy atom. The van der Waals surface area contributed by atoms with Gasteiger partial charge in [-0.2, -0.15) is 18.2 Å². The first-order valence-electron chi connectivity index (χ1n) is 9.46. The number of urea groups is 1. The molecule has 0 bridgehead atoms. The fourth-order valence-corrected chi connectivity index (χ4v) is 3.54. The fraction of sp³-hybridized carbons (Fsp3) is 0.150. The first-order valence-corrected chi connectivity index (χ1v) is 10.7. The van der Waals surface area contributed by atoms with Gasteiger partial charge in [0.2, 0.25) is 5.82 Å². The number of nitrogens with one attached hydrogen (secondary N) is 3. The topological polar surface area (TPSA) is 129 Å². The zero-order valence-corrected chi connectivity index (χ0v) is 18.6. The minimum atomic E-state index is -4.66. The molecule has 178 valence electrons. The van der Waals surface area contributed by atoms with Gasteiger partial charge < -0.3 is 21.1 Å². The van der Waals surface area contributed by atoms with Crippen molar-refractivity contribution in [2.45, 2.75) is 16.2 Å². The van der Waals surface area contributed by atoms with Crippen LogP contribution in [0.4, 0.5) is 29.3 Å². The maximum Gasteiger partial charge on any atom is 0.417 e. The van der Waals surface area contributed by atoms with Crippen molar-refractivity contribution in [2.24, 2.45) is 0 Å². The Balaban J connectivity index is 1.66. The van der Waals surface area contributed by atoms with Gasteiger partial charge in [-0.25, -0.2) is 14.8 Å². The second-order valence-corrected chi connectivity index (χ2v) is 7.92. The van der Waals surface area contributed by atoms with Crippen LogP contribution >= 0.6 is 23.4 Å². The summed E-state index contributed by atoms with van der Waals surface area (Å²) in [5.41, 5.74) is -0.799. The quantitative estimate of drug-likeness (QED) is 0.375. The molecule has 0 spiro atoms. The Morgan fingerprint density at radius 3 is 2.50 bits per heavy atom. The lowest BCUT2D eigenvalue weighted by Crippen LogP contribution is -2.28. The molecule has 0 radical (unpaired) electrons. The van der Waals surface area contributed by atoms with Crippen LogP contribution in [0.1, 0.15) is 16.2 Å². The molecule has 1 aromatic heterocycles. The molecule has 1 heterocycles. The molecular weight excluding hydrogens is 497 g/mol. The van der Waals surface area contributed by atoms with Crippen molar-refractivity contribution < 1.29 is 27.9 Å². The maximum atomic E-state index is 13.0. The summed E-state index contributed by atoms with van der Waals surface area (Å²) in [6.07, 6.45) is -3.49. The third-order valence-corrected chi connectivity index (χ3v) is 5.18. The molecule has 3 rings (SSSR count). The Morgan fingerprint density at radius 2 is 1.79 bits per heavy atom. The number of aromatic nitrogens is 3. The summed E-state index contributed by atoms with van der Waals surface area (Å²) in [6, 6.07) is 8.78. The average Bonchev–Trinajstić information content (AvgIpc) is 2.78. The van der Waals surface area contributed by atoms with Crippen LogP contribution in [0.25, 0.3) is 0 Å². The van der Waals surface area contributed by atoms with Crippen LogP contribution in [0.3, 0.4) is 0 Å². The molecule has 9 nitrogen and oxygen atoms in total. The number of amides is 3. The first kappa shape index (κ1) is 25.2. The summed E-state index contributed by atoms with van der Waals surface area (Å²) in [7, 11) is 0. The number of aliphatic hydroxyl groups excluding tert-OH is 1. The van der Waals surface area contributed by atoms with Crippen LogP contribution in [0.2, 0.25) is 5.02 Å². The maximum absolute atomic E-state index is 13.0. The van der Waals surface area contributed by atoms with E-state index in [2.05, 4.69) is 30.9 Å². The predicted octanol–water partition coefficient (Wildman–Crippen LogP) is 4.06. The van der Waals surface area contributed by atoms with Crippen molar-refractivity contribution >= 4 is 46.7 Å². The number of hydrogen-bond donors (Lipinski definition) is 4. The summed E-state index contributed by atoms with van der Waals surface area (Å²) < 4.78 is 39.0. The molecule has 0 aliphatic heterocycles. The second-order valence-electron chi connectivity index (χ2n) is 6.47. The van der Waals surface area contributed by atoms with E-state index in [0.717, 1.165) is 23.9 Å². The van der Waals surface area contributed by atoms with Crippen molar-refractivity contribution in [1.29, 1.82) is 0 Å². The SMILES string of the molecule is O=C(Nc1cccc(Sc2ncnc(C(=O)NCCO)n2)c1)Nc1ccc(Cl)c(C(F)(F)F)c1. The summed E-state index contributed by atoms with van der Waals surface area (Å²) in [6.45, 7) is -0.177. The first-order chi connectivity index (χ1) is 16.2. The molecule has 0 atom stereocenters. The molecular formula is C20H16ClF3N6O3S. The van der Waals surface area contributed by atoms with Crippen LogP contribution in [0.15, 0.2) is 58.8 Å². The van der Waals surface area contributed by atoms with Gasteiger partial charge in [0.05, 0.1) is 17.2 Å². The third-order valence-electron chi connectivity index (χ3n) is 3.98. The number of benzene rings is 2. The number of aliphatic hydroxyl groups is 1. The Labute approximate surface area is 200 Å². The molecule has 0 aliphatic carbocycles.